The van der Waals surface area contributed by atoms with Crippen molar-refractivity contribution in [2.24, 2.45) is 0 Å². The van der Waals surface area contributed by atoms with E-state index in [1.165, 1.54) is 0 Å². The molecule has 10 heteroatoms. The molecular formula is C23H28ClN5O3S. The molecule has 0 unspecified atom stereocenters. The van der Waals surface area contributed by atoms with E-state index in [0.717, 1.165) is 30.8 Å². The Labute approximate surface area is 203 Å². The summed E-state index contributed by atoms with van der Waals surface area (Å²) in [5, 5.41) is 8.21. The molecule has 8 nitrogen and oxygen atoms in total. The van der Waals surface area contributed by atoms with E-state index in [1.54, 1.807) is 30.1 Å². The summed E-state index contributed by atoms with van der Waals surface area (Å²) in [5.74, 6) is 1.10. The number of pyridine rings is 1. The number of anilines is 1. The van der Waals surface area contributed by atoms with Gasteiger partial charge in [0.25, 0.3) is 0 Å². The zero-order valence-corrected chi connectivity index (χ0v) is 20.4. The van der Waals surface area contributed by atoms with Gasteiger partial charge >= 0.3 is 0 Å². The topological polar surface area (TPSA) is 83.2 Å². The lowest BCUT2D eigenvalue weighted by Crippen LogP contribution is -2.15. The standard InChI is InChI=1S/C23H28ClN5O3S/c1-3-4-12-28-22(17-5-7-18(24)8-6-17)27-29(23(28)33)13-11-20(30)26-19-9-10-21(25-16-19)32-15-14-31-2/h5-10,16H,3-4,11-15H2,1-2H3,(H,26,30). The van der Waals surface area contributed by atoms with Gasteiger partial charge in [-0.25, -0.2) is 9.67 Å². The first-order valence-electron chi connectivity index (χ1n) is 10.8. The van der Waals surface area contributed by atoms with Crippen molar-refractivity contribution in [3.8, 4) is 17.3 Å². The molecular weight excluding hydrogens is 462 g/mol. The van der Waals surface area contributed by atoms with Crippen LogP contribution in [0.2, 0.25) is 5.02 Å². The fraction of sp³-hybridized carbons (Fsp3) is 0.391. The zero-order chi connectivity index (χ0) is 23.6. The number of rotatable bonds is 12. The Morgan fingerprint density at radius 3 is 2.61 bits per heavy atom. The molecule has 0 saturated heterocycles. The van der Waals surface area contributed by atoms with E-state index in [-0.39, 0.29) is 12.3 Å². The lowest BCUT2D eigenvalue weighted by molar-refractivity contribution is -0.116. The van der Waals surface area contributed by atoms with E-state index in [0.29, 0.717) is 41.1 Å². The highest BCUT2D eigenvalue weighted by atomic mass is 35.5. The van der Waals surface area contributed by atoms with Crippen LogP contribution in [-0.4, -0.2) is 45.6 Å². The molecule has 1 N–H and O–H groups in total. The molecule has 1 aromatic carbocycles. The Balaban J connectivity index is 1.64. The fourth-order valence-electron chi connectivity index (χ4n) is 3.12. The number of hydrogen-bond acceptors (Lipinski definition) is 6. The van der Waals surface area contributed by atoms with Gasteiger partial charge in [0.15, 0.2) is 10.6 Å². The van der Waals surface area contributed by atoms with Crippen LogP contribution in [0.5, 0.6) is 5.88 Å². The summed E-state index contributed by atoms with van der Waals surface area (Å²) in [7, 11) is 1.61. The van der Waals surface area contributed by atoms with Gasteiger partial charge in [0.05, 0.1) is 25.0 Å². The van der Waals surface area contributed by atoms with Gasteiger partial charge in [0.1, 0.15) is 6.61 Å². The van der Waals surface area contributed by atoms with E-state index in [1.807, 2.05) is 28.8 Å². The first-order chi connectivity index (χ1) is 16.0. The molecule has 0 radical (unpaired) electrons. The van der Waals surface area contributed by atoms with Crippen molar-refractivity contribution in [2.75, 3.05) is 25.6 Å². The number of amides is 1. The predicted octanol–water partition coefficient (Wildman–Crippen LogP) is 4.98. The lowest BCUT2D eigenvalue weighted by atomic mass is 10.2. The summed E-state index contributed by atoms with van der Waals surface area (Å²) in [6, 6.07) is 11.0. The maximum Gasteiger partial charge on any atom is 0.226 e. The molecule has 176 valence electrons. The maximum absolute atomic E-state index is 12.5. The lowest BCUT2D eigenvalue weighted by Gasteiger charge is -2.07. The number of nitrogens with one attached hydrogen (secondary N) is 1. The van der Waals surface area contributed by atoms with Crippen molar-refractivity contribution < 1.29 is 14.3 Å². The number of unbranched alkanes of at least 4 members (excludes halogenated alkanes) is 1. The average molecular weight is 490 g/mol. The molecule has 0 spiro atoms. The van der Waals surface area contributed by atoms with Gasteiger partial charge in [-0.15, -0.1) is 0 Å². The summed E-state index contributed by atoms with van der Waals surface area (Å²) in [5.41, 5.74) is 1.53. The minimum Gasteiger partial charge on any atom is -0.475 e. The van der Waals surface area contributed by atoms with Gasteiger partial charge in [0, 0.05) is 36.7 Å². The van der Waals surface area contributed by atoms with Gasteiger partial charge in [-0.1, -0.05) is 24.9 Å². The number of methoxy groups -OCH3 is 1. The SMILES string of the molecule is CCCCn1c(-c2ccc(Cl)cc2)nn(CCC(=O)Nc2ccc(OCCOC)nc2)c1=S. The average Bonchev–Trinajstić information content (AvgIpc) is 3.13. The van der Waals surface area contributed by atoms with Gasteiger partial charge in [-0.05, 0) is 49.0 Å². The Morgan fingerprint density at radius 1 is 1.15 bits per heavy atom. The van der Waals surface area contributed by atoms with E-state index in [2.05, 4.69) is 17.2 Å². The van der Waals surface area contributed by atoms with Gasteiger partial charge < -0.3 is 14.8 Å². The van der Waals surface area contributed by atoms with Crippen molar-refractivity contribution in [1.29, 1.82) is 0 Å². The molecule has 3 aromatic rings. The smallest absolute Gasteiger partial charge is 0.226 e. The van der Waals surface area contributed by atoms with Crippen molar-refractivity contribution in [1.82, 2.24) is 19.3 Å². The third-order valence-electron chi connectivity index (χ3n) is 4.87. The fourth-order valence-corrected chi connectivity index (χ4v) is 3.55. The molecule has 0 aliphatic rings. The molecule has 0 aliphatic heterocycles. The number of carbonyl (C=O) groups excluding carboxylic acids is 1. The molecule has 3 rings (SSSR count). The van der Waals surface area contributed by atoms with Crippen molar-refractivity contribution in [3.63, 3.8) is 0 Å². The second kappa shape index (κ2) is 12.5. The van der Waals surface area contributed by atoms with Gasteiger partial charge in [-0.2, -0.15) is 5.10 Å². The van der Waals surface area contributed by atoms with Crippen LogP contribution in [0.1, 0.15) is 26.2 Å². The number of aromatic nitrogens is 4. The van der Waals surface area contributed by atoms with E-state index >= 15 is 0 Å². The third-order valence-corrected chi connectivity index (χ3v) is 5.55. The van der Waals surface area contributed by atoms with Crippen LogP contribution in [-0.2, 0) is 22.6 Å². The molecule has 0 saturated carbocycles. The van der Waals surface area contributed by atoms with Crippen LogP contribution >= 0.6 is 23.8 Å². The van der Waals surface area contributed by atoms with Crippen LogP contribution < -0.4 is 10.1 Å². The van der Waals surface area contributed by atoms with Crippen molar-refractivity contribution >= 4 is 35.4 Å². The summed E-state index contributed by atoms with van der Waals surface area (Å²) in [6.45, 7) is 4.17. The Kier molecular flexibility index (Phi) is 9.41. The molecule has 1 amide bonds. The van der Waals surface area contributed by atoms with E-state index < -0.39 is 0 Å². The predicted molar refractivity (Wildman–Crippen MR) is 131 cm³/mol. The highest BCUT2D eigenvalue weighted by Gasteiger charge is 2.14. The van der Waals surface area contributed by atoms with Gasteiger partial charge in [0.2, 0.25) is 11.8 Å². The minimum atomic E-state index is -0.150. The molecule has 2 aromatic heterocycles. The normalized spacial score (nSPS) is 10.9. The number of halogens is 1. The molecule has 2 heterocycles. The second-order valence-electron chi connectivity index (χ2n) is 7.37. The Bertz CT molecular complexity index is 1100. The minimum absolute atomic E-state index is 0.150. The molecule has 0 aliphatic carbocycles. The first-order valence-corrected chi connectivity index (χ1v) is 11.6. The largest absolute Gasteiger partial charge is 0.475 e. The van der Waals surface area contributed by atoms with E-state index in [4.69, 9.17) is 38.4 Å². The number of ether oxygens (including phenoxy) is 2. The van der Waals surface area contributed by atoms with Gasteiger partial charge in [-0.3, -0.25) is 9.36 Å². The molecule has 0 atom stereocenters. The number of hydrogen-bond donors (Lipinski definition) is 1. The Morgan fingerprint density at radius 2 is 1.94 bits per heavy atom. The molecule has 33 heavy (non-hydrogen) atoms. The number of benzene rings is 1. The summed E-state index contributed by atoms with van der Waals surface area (Å²) >= 11 is 11.7. The molecule has 0 fully saturated rings. The van der Waals surface area contributed by atoms with Crippen LogP contribution in [0.3, 0.4) is 0 Å². The van der Waals surface area contributed by atoms with Crippen LogP contribution in [0.25, 0.3) is 11.4 Å². The summed E-state index contributed by atoms with van der Waals surface area (Å²) < 4.78 is 14.7. The Hall–Kier alpha value is -2.75. The quantitative estimate of drug-likeness (QED) is 0.285. The first kappa shape index (κ1) is 24.9. The number of aryl methyl sites for hydroxylation is 1. The maximum atomic E-state index is 12.5. The summed E-state index contributed by atoms with van der Waals surface area (Å²) in [4.78, 5) is 16.7. The van der Waals surface area contributed by atoms with E-state index in [9.17, 15) is 4.79 Å². The monoisotopic (exact) mass is 489 g/mol. The molecule has 0 bridgehead atoms. The van der Waals surface area contributed by atoms with Crippen LogP contribution in [0.15, 0.2) is 42.6 Å². The number of carbonyl (C=O) groups is 1. The summed E-state index contributed by atoms with van der Waals surface area (Å²) in [6.07, 6.45) is 3.81. The number of nitrogens with zero attached hydrogens (tertiary/aromatic N) is 4. The third kappa shape index (κ3) is 7.12. The zero-order valence-electron chi connectivity index (χ0n) is 18.8. The van der Waals surface area contributed by atoms with Crippen LogP contribution in [0.4, 0.5) is 5.69 Å². The van der Waals surface area contributed by atoms with Crippen molar-refractivity contribution in [3.05, 3.63) is 52.4 Å². The van der Waals surface area contributed by atoms with Crippen LogP contribution in [0, 0.1) is 4.77 Å². The highest BCUT2D eigenvalue weighted by Crippen LogP contribution is 2.22. The van der Waals surface area contributed by atoms with Crippen molar-refractivity contribution in [2.45, 2.75) is 39.3 Å². The second-order valence-corrected chi connectivity index (χ2v) is 8.17. The highest BCUT2D eigenvalue weighted by molar-refractivity contribution is 7.71.